The van der Waals surface area contributed by atoms with Gasteiger partial charge in [-0.3, -0.25) is 0 Å². The van der Waals surface area contributed by atoms with Gasteiger partial charge in [-0.1, -0.05) is 36.4 Å². The minimum atomic E-state index is -0.475. The van der Waals surface area contributed by atoms with Gasteiger partial charge >= 0.3 is 6.09 Å². The average molecular weight is 330 g/mol. The first-order valence-electron chi connectivity index (χ1n) is 8.67. The molecule has 4 heteroatoms. The van der Waals surface area contributed by atoms with Gasteiger partial charge < -0.3 is 15.0 Å². The van der Waals surface area contributed by atoms with Crippen LogP contribution in [0.15, 0.2) is 43.0 Å². The summed E-state index contributed by atoms with van der Waals surface area (Å²) in [6, 6.07) is 10.4. The fourth-order valence-corrected chi connectivity index (χ4v) is 3.25. The highest BCUT2D eigenvalue weighted by molar-refractivity contribution is 5.68. The summed E-state index contributed by atoms with van der Waals surface area (Å²) >= 11 is 0. The Kier molecular flexibility index (Phi) is 6.05. The molecule has 1 atom stereocenters. The lowest BCUT2D eigenvalue weighted by Crippen LogP contribution is -2.45. The van der Waals surface area contributed by atoms with Crippen LogP contribution in [0.3, 0.4) is 0 Å². The fraction of sp³-hybridized carbons (Fsp3) is 0.550. The zero-order valence-electron chi connectivity index (χ0n) is 15.2. The van der Waals surface area contributed by atoms with E-state index < -0.39 is 5.60 Å². The molecule has 4 nitrogen and oxygen atoms in total. The number of carbonyl (C=O) groups excluding carboxylic acids is 1. The van der Waals surface area contributed by atoms with Gasteiger partial charge in [-0.15, -0.1) is 6.58 Å². The lowest BCUT2D eigenvalue weighted by Gasteiger charge is -2.36. The van der Waals surface area contributed by atoms with Crippen molar-refractivity contribution in [1.29, 1.82) is 0 Å². The third-order valence-electron chi connectivity index (χ3n) is 4.24. The Balaban J connectivity index is 2.19. The van der Waals surface area contributed by atoms with Crippen LogP contribution in [-0.4, -0.2) is 42.8 Å². The van der Waals surface area contributed by atoms with Gasteiger partial charge in [0.25, 0.3) is 0 Å². The van der Waals surface area contributed by atoms with Gasteiger partial charge in [0.05, 0.1) is 0 Å². The maximum atomic E-state index is 12.6. The van der Waals surface area contributed by atoms with E-state index in [0.717, 1.165) is 25.9 Å². The van der Waals surface area contributed by atoms with E-state index in [0.29, 0.717) is 13.1 Å². The number of carbonyl (C=O) groups is 1. The Morgan fingerprint density at radius 1 is 1.38 bits per heavy atom. The van der Waals surface area contributed by atoms with E-state index >= 15 is 0 Å². The van der Waals surface area contributed by atoms with Crippen LogP contribution in [-0.2, 0) is 11.2 Å². The second-order valence-electron chi connectivity index (χ2n) is 7.73. The molecule has 0 aromatic heterocycles. The maximum Gasteiger partial charge on any atom is 0.410 e. The lowest BCUT2D eigenvalue weighted by molar-refractivity contribution is 0.0192. The average Bonchev–Trinajstić information content (AvgIpc) is 2.70. The first-order valence-corrected chi connectivity index (χ1v) is 8.67. The lowest BCUT2D eigenvalue weighted by atomic mass is 9.78. The van der Waals surface area contributed by atoms with Crippen molar-refractivity contribution in [2.24, 2.45) is 5.41 Å². The highest BCUT2D eigenvalue weighted by Gasteiger charge is 2.36. The number of nitrogens with zero attached hydrogens (tertiary/aromatic N) is 1. The van der Waals surface area contributed by atoms with Crippen molar-refractivity contribution in [2.45, 2.75) is 39.2 Å². The van der Waals surface area contributed by atoms with E-state index in [9.17, 15) is 4.79 Å². The van der Waals surface area contributed by atoms with Crippen molar-refractivity contribution < 1.29 is 9.53 Å². The Morgan fingerprint density at radius 3 is 2.71 bits per heavy atom. The zero-order valence-corrected chi connectivity index (χ0v) is 15.2. The number of benzene rings is 1. The van der Waals surface area contributed by atoms with Crippen LogP contribution in [0.25, 0.3) is 0 Å². The van der Waals surface area contributed by atoms with Crippen LogP contribution >= 0.6 is 0 Å². The number of ether oxygens (including phenoxy) is 1. The molecule has 1 saturated heterocycles. The molecule has 1 heterocycles. The van der Waals surface area contributed by atoms with Crippen molar-refractivity contribution in [3.05, 3.63) is 48.6 Å². The van der Waals surface area contributed by atoms with E-state index in [1.807, 2.05) is 37.8 Å². The first kappa shape index (κ1) is 18.5. The van der Waals surface area contributed by atoms with Crippen LogP contribution in [0, 0.1) is 5.41 Å². The Labute approximate surface area is 145 Å². The molecule has 0 radical (unpaired) electrons. The van der Waals surface area contributed by atoms with Crippen LogP contribution in [0.1, 0.15) is 32.8 Å². The van der Waals surface area contributed by atoms with Crippen molar-refractivity contribution in [1.82, 2.24) is 10.2 Å². The standard InChI is InChI=1S/C20H30N2O2/c1-5-11-20(14-17-9-7-6-8-10-17)15-21-12-13-22(16-20)18(23)24-19(2,3)4/h5-10,21H,1,11-16H2,2-4H3/t20-/m1/s1. The minimum absolute atomic E-state index is 0.0590. The van der Waals surface area contributed by atoms with Crippen LogP contribution < -0.4 is 5.32 Å². The van der Waals surface area contributed by atoms with Gasteiger partial charge in [-0.05, 0) is 39.2 Å². The molecule has 1 aliphatic heterocycles. The van der Waals surface area contributed by atoms with E-state index in [1.54, 1.807) is 0 Å². The Morgan fingerprint density at radius 2 is 2.08 bits per heavy atom. The molecule has 0 bridgehead atoms. The zero-order chi connectivity index (χ0) is 17.6. The van der Waals surface area contributed by atoms with Crippen LogP contribution in [0.5, 0.6) is 0 Å². The number of nitrogens with one attached hydrogen (secondary N) is 1. The molecular weight excluding hydrogens is 300 g/mol. The molecule has 1 fully saturated rings. The second-order valence-corrected chi connectivity index (χ2v) is 7.73. The Bertz CT molecular complexity index is 551. The molecule has 132 valence electrons. The summed E-state index contributed by atoms with van der Waals surface area (Å²) in [5.74, 6) is 0. The summed E-state index contributed by atoms with van der Waals surface area (Å²) in [6.07, 6.45) is 3.50. The van der Waals surface area contributed by atoms with E-state index in [1.165, 1.54) is 5.56 Å². The van der Waals surface area contributed by atoms with Crippen molar-refractivity contribution in [3.8, 4) is 0 Å². The highest BCUT2D eigenvalue weighted by atomic mass is 16.6. The number of amides is 1. The second kappa shape index (κ2) is 7.84. The number of hydrogen-bond acceptors (Lipinski definition) is 3. The van der Waals surface area contributed by atoms with Gasteiger partial charge in [-0.25, -0.2) is 4.79 Å². The van der Waals surface area contributed by atoms with E-state index in [2.05, 4.69) is 36.2 Å². The van der Waals surface area contributed by atoms with Crippen LogP contribution in [0.4, 0.5) is 4.79 Å². The molecular formula is C20H30N2O2. The third-order valence-corrected chi connectivity index (χ3v) is 4.24. The molecule has 0 aliphatic carbocycles. The SMILES string of the molecule is C=CC[C@@]1(Cc2ccccc2)CNCCN(C(=O)OC(C)(C)C)C1. The minimum Gasteiger partial charge on any atom is -0.444 e. The van der Waals surface area contributed by atoms with Gasteiger partial charge in [0.15, 0.2) is 0 Å². The first-order chi connectivity index (χ1) is 11.3. The molecule has 2 rings (SSSR count). The summed E-state index contributed by atoms with van der Waals surface area (Å²) in [6.45, 7) is 12.7. The predicted molar refractivity (Wildman–Crippen MR) is 98.1 cm³/mol. The largest absolute Gasteiger partial charge is 0.444 e. The number of rotatable bonds is 4. The molecule has 0 spiro atoms. The fourth-order valence-electron chi connectivity index (χ4n) is 3.25. The third kappa shape index (κ3) is 5.38. The molecule has 1 amide bonds. The Hall–Kier alpha value is -1.81. The smallest absolute Gasteiger partial charge is 0.410 e. The number of allylic oxidation sites excluding steroid dienone is 1. The van der Waals surface area contributed by atoms with Gasteiger partial charge in [0, 0.05) is 31.6 Å². The summed E-state index contributed by atoms with van der Waals surface area (Å²) < 4.78 is 5.59. The molecule has 1 N–H and O–H groups in total. The van der Waals surface area contributed by atoms with E-state index in [-0.39, 0.29) is 11.5 Å². The molecule has 1 aromatic carbocycles. The molecule has 1 aromatic rings. The maximum absolute atomic E-state index is 12.6. The van der Waals surface area contributed by atoms with Crippen molar-refractivity contribution in [2.75, 3.05) is 26.2 Å². The topological polar surface area (TPSA) is 41.6 Å². The molecule has 24 heavy (non-hydrogen) atoms. The van der Waals surface area contributed by atoms with Gasteiger partial charge in [-0.2, -0.15) is 0 Å². The van der Waals surface area contributed by atoms with E-state index in [4.69, 9.17) is 4.74 Å². The highest BCUT2D eigenvalue weighted by Crippen LogP contribution is 2.30. The number of hydrogen-bond donors (Lipinski definition) is 1. The summed E-state index contributed by atoms with van der Waals surface area (Å²) in [7, 11) is 0. The normalized spacial score (nSPS) is 21.9. The quantitative estimate of drug-likeness (QED) is 0.857. The summed E-state index contributed by atoms with van der Waals surface area (Å²) in [4.78, 5) is 14.4. The van der Waals surface area contributed by atoms with Gasteiger partial charge in [0.1, 0.15) is 5.60 Å². The molecule has 1 aliphatic rings. The van der Waals surface area contributed by atoms with Crippen molar-refractivity contribution in [3.63, 3.8) is 0 Å². The predicted octanol–water partition coefficient (Wildman–Crippen LogP) is 3.63. The monoisotopic (exact) mass is 330 g/mol. The summed E-state index contributed by atoms with van der Waals surface area (Å²) in [5.41, 5.74) is 0.751. The molecule has 0 unspecified atom stereocenters. The molecule has 0 saturated carbocycles. The summed E-state index contributed by atoms with van der Waals surface area (Å²) in [5, 5.41) is 3.49. The van der Waals surface area contributed by atoms with Crippen LogP contribution in [0.2, 0.25) is 0 Å². The van der Waals surface area contributed by atoms with Gasteiger partial charge in [0.2, 0.25) is 0 Å². The van der Waals surface area contributed by atoms with Crippen molar-refractivity contribution >= 4 is 6.09 Å².